The Hall–Kier alpha value is -2.29. The van der Waals surface area contributed by atoms with E-state index in [1.807, 2.05) is 24.3 Å². The summed E-state index contributed by atoms with van der Waals surface area (Å²) in [5, 5.41) is 0. The average molecular weight is 486 g/mol. The molecule has 2 heterocycles. The Morgan fingerprint density at radius 2 is 1.67 bits per heavy atom. The largest absolute Gasteiger partial charge is 0.354 e. The van der Waals surface area contributed by atoms with Crippen LogP contribution in [0, 0.1) is 0 Å². The molecule has 0 radical (unpaired) electrons. The molecule has 0 aromatic heterocycles. The third-order valence-corrected chi connectivity index (χ3v) is 7.78. The van der Waals surface area contributed by atoms with Gasteiger partial charge in [0.2, 0.25) is 0 Å². The van der Waals surface area contributed by atoms with Crippen molar-refractivity contribution in [3.8, 4) is 0 Å². The molecule has 6 nitrogen and oxygen atoms in total. The van der Waals surface area contributed by atoms with E-state index in [2.05, 4.69) is 60.2 Å². The zero-order valence-corrected chi connectivity index (χ0v) is 20.7. The summed E-state index contributed by atoms with van der Waals surface area (Å²) in [6.07, 6.45) is 6.99. The second-order valence-electron chi connectivity index (χ2n) is 8.39. The Bertz CT molecular complexity index is 1100. The summed E-state index contributed by atoms with van der Waals surface area (Å²) in [6.45, 7) is 5.08. The Morgan fingerprint density at radius 1 is 1.03 bits per heavy atom. The zero-order chi connectivity index (χ0) is 23.4. The molecule has 4 rings (SSSR count). The summed E-state index contributed by atoms with van der Waals surface area (Å²) in [6, 6.07) is 16.1. The van der Waals surface area contributed by atoms with Crippen LogP contribution in [-0.4, -0.2) is 48.1 Å². The number of fused-ring (bicyclic) bond motifs is 2. The van der Waals surface area contributed by atoms with Crippen LogP contribution in [0.2, 0.25) is 0 Å². The summed E-state index contributed by atoms with van der Waals surface area (Å²) in [4.78, 5) is 11.8. The van der Waals surface area contributed by atoms with Crippen molar-refractivity contribution < 1.29 is 13.0 Å². The van der Waals surface area contributed by atoms with Gasteiger partial charge in [-0.25, -0.2) is 0 Å². The third-order valence-electron chi connectivity index (χ3n) is 5.90. The molecule has 0 saturated heterocycles. The zero-order valence-electron chi connectivity index (χ0n) is 19.1. The topological polar surface area (TPSA) is 73.2 Å². The number of para-hydroxylation sites is 2. The van der Waals surface area contributed by atoms with E-state index in [9.17, 15) is 13.0 Å². The SMILES string of the molecule is CCCC1=NC(C(CCS(=O)(=O)O)N2c3ccccc3Sc3ccccc32)N(CCC)C=C1. The van der Waals surface area contributed by atoms with Crippen LogP contribution in [0.3, 0.4) is 0 Å². The number of hydrogen-bond donors (Lipinski definition) is 1. The minimum atomic E-state index is -4.12. The molecule has 0 amide bonds. The fourth-order valence-corrected chi connectivity index (χ4v) is 6.12. The average Bonchev–Trinajstić information content (AvgIpc) is 2.79. The van der Waals surface area contributed by atoms with Crippen LogP contribution in [0.4, 0.5) is 11.4 Å². The van der Waals surface area contributed by atoms with Crippen molar-refractivity contribution in [3.63, 3.8) is 0 Å². The van der Waals surface area contributed by atoms with Crippen molar-refractivity contribution >= 4 is 39.0 Å². The van der Waals surface area contributed by atoms with Gasteiger partial charge in [-0.15, -0.1) is 0 Å². The van der Waals surface area contributed by atoms with Gasteiger partial charge in [-0.05, 0) is 49.6 Å². The van der Waals surface area contributed by atoms with Crippen LogP contribution >= 0.6 is 11.8 Å². The van der Waals surface area contributed by atoms with Gasteiger partial charge in [0.15, 0.2) is 0 Å². The molecule has 2 atom stereocenters. The lowest BCUT2D eigenvalue weighted by Gasteiger charge is -2.45. The van der Waals surface area contributed by atoms with E-state index in [0.29, 0.717) is 0 Å². The van der Waals surface area contributed by atoms with Gasteiger partial charge in [0.05, 0.1) is 23.2 Å². The highest BCUT2D eigenvalue weighted by atomic mass is 32.2. The highest BCUT2D eigenvalue weighted by molar-refractivity contribution is 7.99. The molecule has 0 bridgehead atoms. The molecule has 1 N–H and O–H groups in total. The van der Waals surface area contributed by atoms with E-state index in [1.165, 1.54) is 0 Å². The predicted octanol–water partition coefficient (Wildman–Crippen LogP) is 5.74. The summed E-state index contributed by atoms with van der Waals surface area (Å²) in [5.74, 6) is -0.315. The maximum Gasteiger partial charge on any atom is 0.264 e. The number of hydrogen-bond acceptors (Lipinski definition) is 6. The summed E-state index contributed by atoms with van der Waals surface area (Å²) in [5.41, 5.74) is 3.11. The van der Waals surface area contributed by atoms with Crippen molar-refractivity contribution in [2.45, 2.75) is 61.5 Å². The van der Waals surface area contributed by atoms with E-state index in [1.54, 1.807) is 11.8 Å². The molecule has 0 spiro atoms. The minimum Gasteiger partial charge on any atom is -0.354 e. The molecule has 33 heavy (non-hydrogen) atoms. The molecular weight excluding hydrogens is 454 g/mol. The van der Waals surface area contributed by atoms with E-state index < -0.39 is 10.1 Å². The smallest absolute Gasteiger partial charge is 0.264 e. The normalized spacial score (nSPS) is 18.5. The molecule has 2 aliphatic heterocycles. The first-order valence-corrected chi connectivity index (χ1v) is 13.9. The molecule has 2 aromatic rings. The van der Waals surface area contributed by atoms with Crippen LogP contribution in [0.1, 0.15) is 39.5 Å². The molecule has 176 valence electrons. The van der Waals surface area contributed by atoms with Gasteiger partial charge in [-0.2, -0.15) is 8.42 Å². The Morgan fingerprint density at radius 3 is 2.24 bits per heavy atom. The van der Waals surface area contributed by atoms with Crippen LogP contribution < -0.4 is 4.90 Å². The van der Waals surface area contributed by atoms with Crippen molar-refractivity contribution in [1.29, 1.82) is 0 Å². The van der Waals surface area contributed by atoms with E-state index in [0.717, 1.165) is 52.7 Å². The first kappa shape index (κ1) is 23.9. The first-order chi connectivity index (χ1) is 15.9. The van der Waals surface area contributed by atoms with Gasteiger partial charge in [-0.1, -0.05) is 56.3 Å². The number of aliphatic imine (C=N–C) groups is 1. The maximum absolute atomic E-state index is 11.8. The Balaban J connectivity index is 1.85. The van der Waals surface area contributed by atoms with E-state index in [-0.39, 0.29) is 24.4 Å². The highest BCUT2D eigenvalue weighted by Gasteiger charge is 2.37. The van der Waals surface area contributed by atoms with Crippen molar-refractivity contribution in [2.24, 2.45) is 4.99 Å². The molecule has 0 saturated carbocycles. The lowest BCUT2D eigenvalue weighted by Crippen LogP contribution is -2.51. The van der Waals surface area contributed by atoms with E-state index in [4.69, 9.17) is 4.99 Å². The lowest BCUT2D eigenvalue weighted by molar-refractivity contribution is 0.239. The number of nitrogens with zero attached hydrogens (tertiary/aromatic N) is 3. The fourth-order valence-electron chi connectivity index (χ4n) is 4.50. The number of allylic oxidation sites excluding steroid dienone is 1. The van der Waals surface area contributed by atoms with Crippen molar-refractivity contribution in [2.75, 3.05) is 17.2 Å². The monoisotopic (exact) mass is 485 g/mol. The predicted molar refractivity (Wildman–Crippen MR) is 136 cm³/mol. The van der Waals surface area contributed by atoms with Crippen molar-refractivity contribution in [1.82, 2.24) is 4.90 Å². The number of benzene rings is 2. The molecule has 2 aromatic carbocycles. The van der Waals surface area contributed by atoms with Gasteiger partial charge < -0.3 is 9.80 Å². The molecule has 2 aliphatic rings. The second-order valence-corrected chi connectivity index (χ2v) is 11.0. The number of anilines is 2. The van der Waals surface area contributed by atoms with Crippen LogP contribution in [0.15, 0.2) is 75.6 Å². The Kier molecular flexibility index (Phi) is 7.46. The van der Waals surface area contributed by atoms with Crippen LogP contribution in [-0.2, 0) is 10.1 Å². The van der Waals surface area contributed by atoms with Gasteiger partial charge in [-0.3, -0.25) is 9.55 Å². The van der Waals surface area contributed by atoms with Gasteiger partial charge >= 0.3 is 0 Å². The van der Waals surface area contributed by atoms with Gasteiger partial charge in [0.25, 0.3) is 10.1 Å². The quantitative estimate of drug-likeness (QED) is 0.457. The Labute approximate surface area is 201 Å². The van der Waals surface area contributed by atoms with Gasteiger partial charge in [0.1, 0.15) is 6.17 Å². The van der Waals surface area contributed by atoms with Crippen molar-refractivity contribution in [3.05, 3.63) is 60.8 Å². The van der Waals surface area contributed by atoms with E-state index >= 15 is 0 Å². The minimum absolute atomic E-state index is 0.258. The fraction of sp³-hybridized carbons (Fsp3) is 0.400. The molecule has 0 aliphatic carbocycles. The summed E-state index contributed by atoms with van der Waals surface area (Å²) >= 11 is 1.72. The second kappa shape index (κ2) is 10.3. The van der Waals surface area contributed by atoms with Gasteiger partial charge in [0, 0.05) is 28.2 Å². The summed E-state index contributed by atoms with van der Waals surface area (Å²) < 4.78 is 33.3. The lowest BCUT2D eigenvalue weighted by atomic mass is 10.0. The number of rotatable bonds is 9. The molecule has 0 fully saturated rings. The highest BCUT2D eigenvalue weighted by Crippen LogP contribution is 2.50. The summed E-state index contributed by atoms with van der Waals surface area (Å²) in [7, 11) is -4.12. The maximum atomic E-state index is 11.8. The molecule has 8 heteroatoms. The standard InChI is InChI=1S/C25H31N3O3S2/c1-3-9-19-14-17-27(16-4-2)25(26-19)22(15-18-33(29,30)31)28-20-10-5-7-12-23(20)32-24-13-8-6-11-21(24)28/h5-8,10-14,17,22,25H,3-4,9,15-16,18H2,1-2H3,(H,29,30,31). The first-order valence-electron chi connectivity index (χ1n) is 11.5. The third kappa shape index (κ3) is 5.45. The molecule has 2 unspecified atom stereocenters. The van der Waals surface area contributed by atoms with Crippen LogP contribution in [0.25, 0.3) is 0 Å². The van der Waals surface area contributed by atoms with Crippen LogP contribution in [0.5, 0.6) is 0 Å². The molecular formula is C25H31N3O3S2.